The maximum absolute atomic E-state index is 8.81. The molecule has 0 spiro atoms. The first-order valence-corrected chi connectivity index (χ1v) is 2.83. The molecular formula is C6H9NO. The molecule has 1 aliphatic carbocycles. The molecule has 0 heterocycles. The Hall–Kier alpha value is -0.550. The molecular weight excluding hydrogens is 102 g/mol. The Bertz CT molecular complexity index is 127. The lowest BCUT2D eigenvalue weighted by Gasteiger charge is -1.93. The summed E-state index contributed by atoms with van der Waals surface area (Å²) in [7, 11) is 0. The van der Waals surface area contributed by atoms with E-state index in [4.69, 9.17) is 10.4 Å². The third-order valence-electron chi connectivity index (χ3n) is 1.71. The second kappa shape index (κ2) is 1.75. The molecule has 0 aliphatic heterocycles. The highest BCUT2D eigenvalue weighted by Gasteiger charge is 2.38. The molecule has 0 radical (unpaired) electrons. The number of hydrogen-bond acceptors (Lipinski definition) is 2. The Morgan fingerprint density at radius 3 is 2.50 bits per heavy atom. The molecule has 0 aromatic carbocycles. The van der Waals surface area contributed by atoms with Gasteiger partial charge in [-0.15, -0.1) is 0 Å². The average Bonchev–Trinajstić information content (AvgIpc) is 2.45. The van der Waals surface area contributed by atoms with E-state index in [2.05, 4.69) is 0 Å². The summed E-state index contributed by atoms with van der Waals surface area (Å²) in [4.78, 5) is 0. The molecule has 2 heteroatoms. The Morgan fingerprint density at radius 1 is 1.88 bits per heavy atom. The Morgan fingerprint density at radius 2 is 2.38 bits per heavy atom. The molecule has 0 saturated heterocycles. The van der Waals surface area contributed by atoms with Crippen molar-refractivity contribution in [1.82, 2.24) is 0 Å². The molecule has 3 unspecified atom stereocenters. The standard InChI is InChI=1S/C6H9NO/c1-4-2-5(4)6(8)3-7/h4-6,8H,2H2,1H3. The number of nitriles is 1. The van der Waals surface area contributed by atoms with Crippen LogP contribution < -0.4 is 0 Å². The van der Waals surface area contributed by atoms with Crippen molar-refractivity contribution >= 4 is 0 Å². The first-order chi connectivity index (χ1) is 3.75. The van der Waals surface area contributed by atoms with Gasteiger partial charge in [0.05, 0.1) is 6.07 Å². The van der Waals surface area contributed by atoms with Crippen molar-refractivity contribution in [2.75, 3.05) is 0 Å². The predicted octanol–water partition coefficient (Wildman–Crippen LogP) is 0.527. The van der Waals surface area contributed by atoms with Gasteiger partial charge in [0.25, 0.3) is 0 Å². The lowest BCUT2D eigenvalue weighted by molar-refractivity contribution is 0.201. The van der Waals surface area contributed by atoms with Crippen molar-refractivity contribution in [3.8, 4) is 6.07 Å². The molecule has 1 saturated carbocycles. The van der Waals surface area contributed by atoms with E-state index in [0.717, 1.165) is 6.42 Å². The molecule has 2 nitrogen and oxygen atoms in total. The highest BCUT2D eigenvalue weighted by Crippen LogP contribution is 2.40. The molecule has 0 aromatic rings. The van der Waals surface area contributed by atoms with Crippen molar-refractivity contribution in [2.45, 2.75) is 19.4 Å². The van der Waals surface area contributed by atoms with Gasteiger partial charge in [-0.1, -0.05) is 6.92 Å². The van der Waals surface area contributed by atoms with Gasteiger partial charge in [0.15, 0.2) is 0 Å². The van der Waals surface area contributed by atoms with E-state index in [-0.39, 0.29) is 5.92 Å². The third kappa shape index (κ3) is 0.823. The molecule has 1 aliphatic rings. The fourth-order valence-corrected chi connectivity index (χ4v) is 0.887. The number of hydrogen-bond donors (Lipinski definition) is 1. The number of aliphatic hydroxyl groups is 1. The molecule has 0 aromatic heterocycles. The van der Waals surface area contributed by atoms with Gasteiger partial charge in [0.1, 0.15) is 6.10 Å². The van der Waals surface area contributed by atoms with E-state index in [9.17, 15) is 0 Å². The van der Waals surface area contributed by atoms with Crippen LogP contribution in [0.25, 0.3) is 0 Å². The maximum Gasteiger partial charge on any atom is 0.143 e. The minimum atomic E-state index is -0.704. The molecule has 1 fully saturated rings. The van der Waals surface area contributed by atoms with E-state index < -0.39 is 6.10 Å². The first-order valence-electron chi connectivity index (χ1n) is 2.83. The van der Waals surface area contributed by atoms with Crippen LogP contribution in [0.1, 0.15) is 13.3 Å². The summed E-state index contributed by atoms with van der Waals surface area (Å²) in [5.74, 6) is 0.852. The summed E-state index contributed by atoms with van der Waals surface area (Å²) in [6.07, 6.45) is 0.319. The second-order valence-corrected chi connectivity index (χ2v) is 2.45. The van der Waals surface area contributed by atoms with Crippen LogP contribution in [0.2, 0.25) is 0 Å². The van der Waals surface area contributed by atoms with Gasteiger partial charge >= 0.3 is 0 Å². The molecule has 1 N–H and O–H groups in total. The molecule has 8 heavy (non-hydrogen) atoms. The van der Waals surface area contributed by atoms with Crippen LogP contribution in [0, 0.1) is 23.2 Å². The van der Waals surface area contributed by atoms with E-state index in [1.54, 1.807) is 0 Å². The van der Waals surface area contributed by atoms with Gasteiger partial charge in [-0.05, 0) is 12.3 Å². The number of nitrogens with zero attached hydrogens (tertiary/aromatic N) is 1. The van der Waals surface area contributed by atoms with Crippen LogP contribution in [0.5, 0.6) is 0 Å². The van der Waals surface area contributed by atoms with E-state index in [1.165, 1.54) is 0 Å². The zero-order valence-electron chi connectivity index (χ0n) is 4.83. The lowest BCUT2D eigenvalue weighted by atomic mass is 10.2. The van der Waals surface area contributed by atoms with Crippen LogP contribution in [0.3, 0.4) is 0 Å². The van der Waals surface area contributed by atoms with Crippen LogP contribution >= 0.6 is 0 Å². The van der Waals surface area contributed by atoms with Gasteiger partial charge in [-0.2, -0.15) is 5.26 Å². The summed E-state index contributed by atoms with van der Waals surface area (Å²) in [6.45, 7) is 2.05. The minimum Gasteiger partial charge on any atom is -0.378 e. The van der Waals surface area contributed by atoms with Crippen molar-refractivity contribution in [3.63, 3.8) is 0 Å². The summed E-state index contributed by atoms with van der Waals surface area (Å²) in [5, 5.41) is 17.0. The van der Waals surface area contributed by atoms with Gasteiger partial charge in [0.2, 0.25) is 0 Å². The molecule has 0 bridgehead atoms. The zero-order chi connectivity index (χ0) is 6.15. The lowest BCUT2D eigenvalue weighted by Crippen LogP contribution is -2.05. The summed E-state index contributed by atoms with van der Waals surface area (Å²) in [5.41, 5.74) is 0. The van der Waals surface area contributed by atoms with Crippen LogP contribution in [-0.2, 0) is 0 Å². The third-order valence-corrected chi connectivity index (χ3v) is 1.71. The number of aliphatic hydroxyl groups excluding tert-OH is 1. The highest BCUT2D eigenvalue weighted by atomic mass is 16.3. The molecule has 1 rings (SSSR count). The second-order valence-electron chi connectivity index (χ2n) is 2.45. The normalized spacial score (nSPS) is 38.1. The Kier molecular flexibility index (Phi) is 1.22. The molecule has 44 valence electrons. The van der Waals surface area contributed by atoms with Crippen molar-refractivity contribution < 1.29 is 5.11 Å². The molecule has 3 atom stereocenters. The SMILES string of the molecule is CC1CC1C(O)C#N. The Labute approximate surface area is 48.7 Å². The number of rotatable bonds is 1. The largest absolute Gasteiger partial charge is 0.378 e. The quantitative estimate of drug-likeness (QED) is 0.501. The summed E-state index contributed by atoms with van der Waals surface area (Å²) in [6, 6.07) is 1.81. The monoisotopic (exact) mass is 111 g/mol. The van der Waals surface area contributed by atoms with Gasteiger partial charge in [0, 0.05) is 5.92 Å². The Balaban J connectivity index is 2.31. The van der Waals surface area contributed by atoms with Crippen LogP contribution in [0.4, 0.5) is 0 Å². The summed E-state index contributed by atoms with van der Waals surface area (Å²) < 4.78 is 0. The van der Waals surface area contributed by atoms with Crippen molar-refractivity contribution in [2.24, 2.45) is 11.8 Å². The smallest absolute Gasteiger partial charge is 0.143 e. The van der Waals surface area contributed by atoms with Crippen molar-refractivity contribution in [1.29, 1.82) is 5.26 Å². The fraction of sp³-hybridized carbons (Fsp3) is 0.833. The van der Waals surface area contributed by atoms with Gasteiger partial charge in [-0.25, -0.2) is 0 Å². The topological polar surface area (TPSA) is 44.0 Å². The van der Waals surface area contributed by atoms with Gasteiger partial charge < -0.3 is 5.11 Å². The zero-order valence-corrected chi connectivity index (χ0v) is 4.83. The van der Waals surface area contributed by atoms with Crippen LogP contribution in [0.15, 0.2) is 0 Å². The summed E-state index contributed by atoms with van der Waals surface area (Å²) >= 11 is 0. The van der Waals surface area contributed by atoms with Crippen molar-refractivity contribution in [3.05, 3.63) is 0 Å². The van der Waals surface area contributed by atoms with Crippen LogP contribution in [-0.4, -0.2) is 11.2 Å². The molecule has 0 amide bonds. The maximum atomic E-state index is 8.81. The van der Waals surface area contributed by atoms with Gasteiger partial charge in [-0.3, -0.25) is 0 Å². The first kappa shape index (κ1) is 5.58. The fourth-order valence-electron chi connectivity index (χ4n) is 0.887. The van der Waals surface area contributed by atoms with E-state index in [0.29, 0.717) is 5.92 Å². The minimum absolute atomic E-state index is 0.278. The average molecular weight is 111 g/mol. The van der Waals surface area contributed by atoms with E-state index in [1.807, 2.05) is 13.0 Å². The predicted molar refractivity (Wildman–Crippen MR) is 28.9 cm³/mol. The van der Waals surface area contributed by atoms with E-state index >= 15 is 0 Å². The highest BCUT2D eigenvalue weighted by molar-refractivity contribution is 4.98.